The molecule has 0 aromatic carbocycles. The second-order valence-electron chi connectivity index (χ2n) is 1.68. The lowest BCUT2D eigenvalue weighted by molar-refractivity contribution is -0.109. The van der Waals surface area contributed by atoms with Crippen molar-refractivity contribution in [1.29, 1.82) is 0 Å². The summed E-state index contributed by atoms with van der Waals surface area (Å²) in [5.74, 6) is 0. The molecule has 0 saturated heterocycles. The third-order valence-electron chi connectivity index (χ3n) is 0.906. The molecule has 0 bridgehead atoms. The van der Waals surface area contributed by atoms with Crippen LogP contribution in [0.15, 0.2) is 0 Å². The van der Waals surface area contributed by atoms with Crippen LogP contribution >= 0.6 is 0 Å². The molecule has 4 heteroatoms. The number of carbonyl (C=O) groups excluding carboxylic acids is 1. The highest BCUT2D eigenvalue weighted by Crippen LogP contribution is 1.73. The van der Waals surface area contributed by atoms with Crippen LogP contribution in [0.3, 0.4) is 0 Å². The van der Waals surface area contributed by atoms with Gasteiger partial charge in [0.15, 0.2) is 0 Å². The molecule has 0 aromatic heterocycles. The fraction of sp³-hybridized carbons (Fsp3) is 0.833. The van der Waals surface area contributed by atoms with Gasteiger partial charge in [-0.15, -0.1) is 0 Å². The van der Waals surface area contributed by atoms with E-state index in [1.165, 1.54) is 0 Å². The maximum Gasteiger partial charge on any atom is 0.207 e. The van der Waals surface area contributed by atoms with Gasteiger partial charge in [0.25, 0.3) is 0 Å². The second-order valence-corrected chi connectivity index (χ2v) is 1.68. The van der Waals surface area contributed by atoms with Gasteiger partial charge in [0.05, 0.1) is 19.8 Å². The Balaban J connectivity index is 2.70. The minimum atomic E-state index is 0.544. The van der Waals surface area contributed by atoms with Crippen LogP contribution < -0.4 is 5.32 Å². The highest BCUT2D eigenvalue weighted by Gasteiger charge is 1.85. The minimum Gasteiger partial charge on any atom is -0.382 e. The first-order valence-corrected chi connectivity index (χ1v) is 3.15. The van der Waals surface area contributed by atoms with Gasteiger partial charge in [-0.3, -0.25) is 4.79 Å². The maximum atomic E-state index is 9.70. The molecular formula is C6H13NO3. The number of rotatable bonds is 7. The van der Waals surface area contributed by atoms with Crippen molar-refractivity contribution in [2.45, 2.75) is 0 Å². The van der Waals surface area contributed by atoms with E-state index in [0.717, 1.165) is 0 Å². The Hall–Kier alpha value is -0.610. The SMILES string of the molecule is COCCOCCNC=O. The van der Waals surface area contributed by atoms with Crippen molar-refractivity contribution in [3.63, 3.8) is 0 Å². The molecule has 1 amide bonds. The lowest BCUT2D eigenvalue weighted by Crippen LogP contribution is -2.18. The molecule has 4 nitrogen and oxygen atoms in total. The summed E-state index contributed by atoms with van der Waals surface area (Å²) in [5.41, 5.74) is 0. The van der Waals surface area contributed by atoms with Gasteiger partial charge >= 0.3 is 0 Å². The second kappa shape index (κ2) is 8.39. The number of hydrogen-bond donors (Lipinski definition) is 1. The van der Waals surface area contributed by atoms with Crippen LogP contribution in [-0.4, -0.2) is 39.9 Å². The number of hydrogen-bond acceptors (Lipinski definition) is 3. The smallest absolute Gasteiger partial charge is 0.207 e. The third kappa shape index (κ3) is 7.39. The highest BCUT2D eigenvalue weighted by molar-refractivity contribution is 5.45. The van der Waals surface area contributed by atoms with E-state index >= 15 is 0 Å². The molecule has 0 radical (unpaired) electrons. The number of ether oxygens (including phenoxy) is 2. The molecular weight excluding hydrogens is 134 g/mol. The summed E-state index contributed by atoms with van der Waals surface area (Å²) in [4.78, 5) is 9.70. The molecule has 0 aliphatic rings. The van der Waals surface area contributed by atoms with Crippen LogP contribution in [0, 0.1) is 0 Å². The summed E-state index contributed by atoms with van der Waals surface area (Å²) in [7, 11) is 1.62. The van der Waals surface area contributed by atoms with Gasteiger partial charge in [0.2, 0.25) is 6.41 Å². The van der Waals surface area contributed by atoms with Crippen LogP contribution in [0.25, 0.3) is 0 Å². The monoisotopic (exact) mass is 147 g/mol. The maximum absolute atomic E-state index is 9.70. The van der Waals surface area contributed by atoms with Crippen molar-refractivity contribution in [3.8, 4) is 0 Å². The Kier molecular flexibility index (Phi) is 7.88. The van der Waals surface area contributed by atoms with Gasteiger partial charge < -0.3 is 14.8 Å². The van der Waals surface area contributed by atoms with E-state index in [1.807, 2.05) is 0 Å². The van der Waals surface area contributed by atoms with E-state index in [9.17, 15) is 4.79 Å². The third-order valence-corrected chi connectivity index (χ3v) is 0.906. The predicted octanol–water partition coefficient (Wildman–Crippen LogP) is -0.605. The van der Waals surface area contributed by atoms with Gasteiger partial charge in [-0.1, -0.05) is 0 Å². The normalized spacial score (nSPS) is 9.30. The number of amides is 1. The Morgan fingerprint density at radius 1 is 1.40 bits per heavy atom. The van der Waals surface area contributed by atoms with Gasteiger partial charge in [0, 0.05) is 13.7 Å². The average molecular weight is 147 g/mol. The fourth-order valence-corrected chi connectivity index (χ4v) is 0.434. The van der Waals surface area contributed by atoms with Crippen LogP contribution in [0.5, 0.6) is 0 Å². The van der Waals surface area contributed by atoms with Crippen molar-refractivity contribution in [1.82, 2.24) is 5.32 Å². The zero-order chi connectivity index (χ0) is 7.66. The summed E-state index contributed by atoms with van der Waals surface area (Å²) in [6, 6.07) is 0. The van der Waals surface area contributed by atoms with Gasteiger partial charge in [-0.25, -0.2) is 0 Å². The molecule has 0 fully saturated rings. The Bertz CT molecular complexity index is 77.4. The van der Waals surface area contributed by atoms with Crippen molar-refractivity contribution in [3.05, 3.63) is 0 Å². The highest BCUT2D eigenvalue weighted by atomic mass is 16.5. The molecule has 0 spiro atoms. The first-order valence-electron chi connectivity index (χ1n) is 3.15. The van der Waals surface area contributed by atoms with Crippen LogP contribution in [-0.2, 0) is 14.3 Å². The Labute approximate surface area is 60.5 Å². The first kappa shape index (κ1) is 9.39. The molecule has 0 heterocycles. The zero-order valence-corrected chi connectivity index (χ0v) is 6.13. The van der Waals surface area contributed by atoms with E-state index < -0.39 is 0 Å². The molecule has 0 unspecified atom stereocenters. The molecule has 0 saturated carbocycles. The quantitative estimate of drug-likeness (QED) is 0.386. The van der Waals surface area contributed by atoms with E-state index in [4.69, 9.17) is 9.47 Å². The summed E-state index contributed by atoms with van der Waals surface area (Å²) < 4.78 is 9.76. The summed E-state index contributed by atoms with van der Waals surface area (Å²) >= 11 is 0. The predicted molar refractivity (Wildman–Crippen MR) is 36.8 cm³/mol. The molecule has 0 atom stereocenters. The molecule has 0 aliphatic carbocycles. The van der Waals surface area contributed by atoms with Crippen molar-refractivity contribution in [2.75, 3.05) is 33.5 Å². The number of nitrogens with one attached hydrogen (secondary N) is 1. The number of carbonyl (C=O) groups is 1. The van der Waals surface area contributed by atoms with E-state index in [-0.39, 0.29) is 0 Å². The van der Waals surface area contributed by atoms with Gasteiger partial charge in [-0.2, -0.15) is 0 Å². The fourth-order valence-electron chi connectivity index (χ4n) is 0.434. The summed E-state index contributed by atoms with van der Waals surface area (Å²) in [5, 5.41) is 2.48. The average Bonchev–Trinajstić information content (AvgIpc) is 1.97. The molecule has 60 valence electrons. The molecule has 1 N–H and O–H groups in total. The van der Waals surface area contributed by atoms with E-state index in [1.54, 1.807) is 7.11 Å². The van der Waals surface area contributed by atoms with Crippen LogP contribution in [0.4, 0.5) is 0 Å². The van der Waals surface area contributed by atoms with E-state index in [2.05, 4.69) is 5.32 Å². The van der Waals surface area contributed by atoms with Crippen LogP contribution in [0.2, 0.25) is 0 Å². The van der Waals surface area contributed by atoms with Crippen LogP contribution in [0.1, 0.15) is 0 Å². The molecule has 10 heavy (non-hydrogen) atoms. The molecule has 0 aromatic rings. The molecule has 0 aliphatic heterocycles. The standard InChI is InChI=1S/C6H13NO3/c1-9-4-5-10-3-2-7-6-8/h6H,2-5H2,1H3,(H,7,8). The number of methoxy groups -OCH3 is 1. The van der Waals surface area contributed by atoms with Crippen molar-refractivity contribution in [2.24, 2.45) is 0 Å². The lowest BCUT2D eigenvalue weighted by Gasteiger charge is -2.01. The zero-order valence-electron chi connectivity index (χ0n) is 6.13. The minimum absolute atomic E-state index is 0.544. The van der Waals surface area contributed by atoms with Crippen molar-refractivity contribution < 1.29 is 14.3 Å². The van der Waals surface area contributed by atoms with Gasteiger partial charge in [0.1, 0.15) is 0 Å². The summed E-state index contributed by atoms with van der Waals surface area (Å²) in [6.45, 7) is 2.29. The molecule has 0 rings (SSSR count). The Morgan fingerprint density at radius 2 is 2.20 bits per heavy atom. The van der Waals surface area contributed by atoms with Crippen molar-refractivity contribution >= 4 is 6.41 Å². The topological polar surface area (TPSA) is 47.6 Å². The summed E-state index contributed by atoms with van der Waals surface area (Å²) in [6.07, 6.45) is 0.652. The first-order chi connectivity index (χ1) is 4.91. The largest absolute Gasteiger partial charge is 0.382 e. The van der Waals surface area contributed by atoms with Gasteiger partial charge in [-0.05, 0) is 0 Å². The Morgan fingerprint density at radius 3 is 2.80 bits per heavy atom. The van der Waals surface area contributed by atoms with E-state index in [0.29, 0.717) is 32.8 Å². The lowest BCUT2D eigenvalue weighted by atomic mass is 10.7.